The van der Waals surface area contributed by atoms with E-state index in [1.165, 1.54) is 0 Å². The molecule has 0 fully saturated rings. The van der Waals surface area contributed by atoms with Crippen LogP contribution < -0.4 is 10.6 Å². The van der Waals surface area contributed by atoms with Crippen molar-refractivity contribution < 1.29 is 4.79 Å². The van der Waals surface area contributed by atoms with Crippen LogP contribution in [0.1, 0.15) is 27.7 Å². The Labute approximate surface area is 118 Å². The summed E-state index contributed by atoms with van der Waals surface area (Å²) in [6.07, 6.45) is 0. The molecule has 2 N–H and O–H groups in total. The predicted molar refractivity (Wildman–Crippen MR) is 77.5 cm³/mol. The maximum atomic E-state index is 11.8. The van der Waals surface area contributed by atoms with Crippen molar-refractivity contribution in [1.82, 2.24) is 5.32 Å². The third-order valence-corrected chi connectivity index (χ3v) is 3.20. The van der Waals surface area contributed by atoms with Crippen molar-refractivity contribution in [2.75, 3.05) is 5.32 Å². The number of rotatable bonds is 2. The van der Waals surface area contributed by atoms with Gasteiger partial charge in [0.2, 0.25) is 0 Å². The van der Waals surface area contributed by atoms with Crippen molar-refractivity contribution >= 4 is 34.9 Å². The Hall–Kier alpha value is -0.930. The third kappa shape index (κ3) is 4.75. The Balaban J connectivity index is 2.65. The van der Waals surface area contributed by atoms with Crippen molar-refractivity contribution in [1.29, 1.82) is 0 Å². The highest BCUT2D eigenvalue weighted by molar-refractivity contribution is 6.35. The van der Waals surface area contributed by atoms with E-state index in [-0.39, 0.29) is 17.5 Å². The average Bonchev–Trinajstić information content (AvgIpc) is 2.13. The Kier molecular flexibility index (Phi) is 4.88. The fourth-order valence-corrected chi connectivity index (χ4v) is 1.73. The first-order chi connectivity index (χ1) is 8.18. The zero-order valence-electron chi connectivity index (χ0n) is 11.0. The molecule has 1 rings (SSSR count). The Morgan fingerprint density at radius 1 is 1.17 bits per heavy atom. The van der Waals surface area contributed by atoms with Crippen LogP contribution in [0, 0.1) is 5.41 Å². The SMILES string of the molecule is CC(NC(=O)Nc1cc(Cl)cc(Cl)c1)C(C)(C)C. The quantitative estimate of drug-likeness (QED) is 0.824. The van der Waals surface area contributed by atoms with E-state index in [2.05, 4.69) is 31.4 Å². The summed E-state index contributed by atoms with van der Waals surface area (Å²) in [6.45, 7) is 8.15. The second-order valence-corrected chi connectivity index (χ2v) is 6.22. The van der Waals surface area contributed by atoms with Gasteiger partial charge in [0.1, 0.15) is 0 Å². The van der Waals surface area contributed by atoms with Gasteiger partial charge in [0, 0.05) is 21.8 Å². The standard InChI is InChI=1S/C13H18Cl2N2O/c1-8(13(2,3)4)16-12(18)17-11-6-9(14)5-10(15)7-11/h5-8H,1-4H3,(H2,16,17,18). The Bertz CT molecular complexity index is 421. The van der Waals surface area contributed by atoms with E-state index in [9.17, 15) is 4.79 Å². The molecule has 0 radical (unpaired) electrons. The third-order valence-electron chi connectivity index (χ3n) is 2.77. The summed E-state index contributed by atoms with van der Waals surface area (Å²) < 4.78 is 0. The van der Waals surface area contributed by atoms with Crippen LogP contribution in [0.15, 0.2) is 18.2 Å². The lowest BCUT2D eigenvalue weighted by Crippen LogP contribution is -2.43. The molecule has 1 aromatic carbocycles. The van der Waals surface area contributed by atoms with Crippen LogP contribution in [0.3, 0.4) is 0 Å². The van der Waals surface area contributed by atoms with E-state index in [1.54, 1.807) is 18.2 Å². The van der Waals surface area contributed by atoms with Crippen molar-refractivity contribution in [3.8, 4) is 0 Å². The molecule has 0 aliphatic carbocycles. The summed E-state index contributed by atoms with van der Waals surface area (Å²) in [4.78, 5) is 11.8. The fourth-order valence-electron chi connectivity index (χ4n) is 1.21. The van der Waals surface area contributed by atoms with Crippen molar-refractivity contribution in [2.45, 2.75) is 33.7 Å². The number of amides is 2. The molecule has 0 bridgehead atoms. The molecule has 0 aromatic heterocycles. The number of nitrogens with one attached hydrogen (secondary N) is 2. The number of benzene rings is 1. The summed E-state index contributed by atoms with van der Waals surface area (Å²) in [5.74, 6) is 0. The highest BCUT2D eigenvalue weighted by Crippen LogP contribution is 2.23. The monoisotopic (exact) mass is 288 g/mol. The van der Waals surface area contributed by atoms with Gasteiger partial charge in [-0.3, -0.25) is 0 Å². The van der Waals surface area contributed by atoms with Crippen LogP contribution >= 0.6 is 23.2 Å². The van der Waals surface area contributed by atoms with Crippen molar-refractivity contribution in [2.24, 2.45) is 5.41 Å². The molecule has 0 aliphatic rings. The first kappa shape index (κ1) is 15.1. The van der Waals surface area contributed by atoms with Crippen LogP contribution in [-0.2, 0) is 0 Å². The van der Waals surface area contributed by atoms with E-state index >= 15 is 0 Å². The van der Waals surface area contributed by atoms with Crippen LogP contribution in [-0.4, -0.2) is 12.1 Å². The summed E-state index contributed by atoms with van der Waals surface area (Å²) in [7, 11) is 0. The number of urea groups is 1. The number of carbonyl (C=O) groups excluding carboxylic acids is 1. The van der Waals surface area contributed by atoms with Gasteiger partial charge in [-0.2, -0.15) is 0 Å². The molecule has 100 valence electrons. The molecule has 0 heterocycles. The van der Waals surface area contributed by atoms with Gasteiger partial charge in [-0.05, 0) is 30.5 Å². The highest BCUT2D eigenvalue weighted by atomic mass is 35.5. The molecular weight excluding hydrogens is 271 g/mol. The molecule has 1 atom stereocenters. The highest BCUT2D eigenvalue weighted by Gasteiger charge is 2.21. The minimum Gasteiger partial charge on any atom is -0.335 e. The number of halogens is 2. The lowest BCUT2D eigenvalue weighted by atomic mass is 9.88. The lowest BCUT2D eigenvalue weighted by molar-refractivity contribution is 0.233. The van der Waals surface area contributed by atoms with E-state index in [0.29, 0.717) is 15.7 Å². The molecule has 0 aliphatic heterocycles. The van der Waals surface area contributed by atoms with Gasteiger partial charge in [0.15, 0.2) is 0 Å². The number of hydrogen-bond donors (Lipinski definition) is 2. The zero-order chi connectivity index (χ0) is 13.9. The molecule has 0 saturated carbocycles. The fraction of sp³-hybridized carbons (Fsp3) is 0.462. The first-order valence-electron chi connectivity index (χ1n) is 5.72. The molecule has 2 amide bonds. The maximum Gasteiger partial charge on any atom is 0.319 e. The molecule has 5 heteroatoms. The molecule has 1 unspecified atom stereocenters. The van der Waals surface area contributed by atoms with Crippen molar-refractivity contribution in [3.05, 3.63) is 28.2 Å². The topological polar surface area (TPSA) is 41.1 Å². The zero-order valence-corrected chi connectivity index (χ0v) is 12.5. The van der Waals surface area contributed by atoms with Gasteiger partial charge in [0.05, 0.1) is 0 Å². The summed E-state index contributed by atoms with van der Waals surface area (Å²) >= 11 is 11.7. The van der Waals surface area contributed by atoms with Crippen LogP contribution in [0.25, 0.3) is 0 Å². The normalized spacial score (nSPS) is 13.0. The Morgan fingerprint density at radius 3 is 2.11 bits per heavy atom. The van der Waals surface area contributed by atoms with Gasteiger partial charge in [-0.15, -0.1) is 0 Å². The van der Waals surface area contributed by atoms with Gasteiger partial charge in [-0.1, -0.05) is 44.0 Å². The molecule has 18 heavy (non-hydrogen) atoms. The lowest BCUT2D eigenvalue weighted by Gasteiger charge is -2.28. The van der Waals surface area contributed by atoms with Crippen LogP contribution in [0.4, 0.5) is 10.5 Å². The van der Waals surface area contributed by atoms with Gasteiger partial charge < -0.3 is 10.6 Å². The Morgan fingerprint density at radius 2 is 1.67 bits per heavy atom. The summed E-state index contributed by atoms with van der Waals surface area (Å²) in [6, 6.07) is 4.69. The second-order valence-electron chi connectivity index (χ2n) is 5.34. The largest absolute Gasteiger partial charge is 0.335 e. The first-order valence-corrected chi connectivity index (χ1v) is 6.47. The second kappa shape index (κ2) is 5.81. The van der Waals surface area contributed by atoms with Crippen LogP contribution in [0.2, 0.25) is 10.0 Å². The van der Waals surface area contributed by atoms with E-state index in [1.807, 2.05) is 6.92 Å². The molecule has 1 aromatic rings. The molecule has 3 nitrogen and oxygen atoms in total. The summed E-state index contributed by atoms with van der Waals surface area (Å²) in [5.41, 5.74) is 0.578. The smallest absolute Gasteiger partial charge is 0.319 e. The number of anilines is 1. The van der Waals surface area contributed by atoms with Gasteiger partial charge in [-0.25, -0.2) is 4.79 Å². The van der Waals surface area contributed by atoms with Gasteiger partial charge in [0.25, 0.3) is 0 Å². The van der Waals surface area contributed by atoms with Crippen LogP contribution in [0.5, 0.6) is 0 Å². The van der Waals surface area contributed by atoms with E-state index in [4.69, 9.17) is 23.2 Å². The molecular formula is C13H18Cl2N2O. The maximum absolute atomic E-state index is 11.8. The van der Waals surface area contributed by atoms with Crippen molar-refractivity contribution in [3.63, 3.8) is 0 Å². The number of hydrogen-bond acceptors (Lipinski definition) is 1. The van der Waals surface area contributed by atoms with E-state index < -0.39 is 0 Å². The average molecular weight is 289 g/mol. The molecule has 0 spiro atoms. The van der Waals surface area contributed by atoms with Gasteiger partial charge >= 0.3 is 6.03 Å². The van der Waals surface area contributed by atoms with E-state index in [0.717, 1.165) is 0 Å². The minimum atomic E-state index is -0.268. The minimum absolute atomic E-state index is 0.00329. The number of carbonyl (C=O) groups is 1. The predicted octanol–water partition coefficient (Wildman–Crippen LogP) is 4.55. The molecule has 0 saturated heterocycles. The summed E-state index contributed by atoms with van der Waals surface area (Å²) in [5, 5.41) is 6.55.